The number of aliphatic hydroxyl groups is 1. The first-order chi connectivity index (χ1) is 9.61. The molecule has 1 aliphatic rings. The summed E-state index contributed by atoms with van der Waals surface area (Å²) in [6.45, 7) is 1.67. The second-order valence-corrected chi connectivity index (χ2v) is 5.28. The van der Waals surface area contributed by atoms with Crippen molar-refractivity contribution in [2.75, 3.05) is 26.7 Å². The van der Waals surface area contributed by atoms with E-state index in [1.807, 2.05) is 24.3 Å². The van der Waals surface area contributed by atoms with Crippen LogP contribution in [0.1, 0.15) is 18.4 Å². The minimum Gasteiger partial charge on any atom is -0.497 e. The normalized spacial score (nSPS) is 21.7. The highest BCUT2D eigenvalue weighted by Gasteiger charge is 2.31. The van der Waals surface area contributed by atoms with E-state index < -0.39 is 5.60 Å². The lowest BCUT2D eigenvalue weighted by atomic mass is 10.0. The lowest BCUT2D eigenvalue weighted by molar-refractivity contribution is -0.122. The quantitative estimate of drug-likeness (QED) is 0.707. The molecule has 1 fully saturated rings. The summed E-state index contributed by atoms with van der Waals surface area (Å²) in [5.41, 5.74) is 0.317. The Kier molecular flexibility index (Phi) is 4.98. The van der Waals surface area contributed by atoms with Crippen molar-refractivity contribution in [1.29, 1.82) is 0 Å². The second kappa shape index (κ2) is 6.72. The van der Waals surface area contributed by atoms with Gasteiger partial charge in [0, 0.05) is 19.5 Å². The first-order valence-electron chi connectivity index (χ1n) is 6.94. The molecule has 0 radical (unpaired) electrons. The van der Waals surface area contributed by atoms with Gasteiger partial charge in [-0.05, 0) is 37.1 Å². The average molecular weight is 278 g/mol. The van der Waals surface area contributed by atoms with Crippen LogP contribution in [0.5, 0.6) is 5.75 Å². The summed E-state index contributed by atoms with van der Waals surface area (Å²) in [6.07, 6.45) is 1.80. The minimum absolute atomic E-state index is 0.0267. The smallest absolute Gasteiger partial charge is 0.220 e. The molecule has 0 bridgehead atoms. The molecule has 5 nitrogen and oxygen atoms in total. The number of ether oxygens (including phenoxy) is 1. The van der Waals surface area contributed by atoms with Crippen molar-refractivity contribution in [2.24, 2.45) is 0 Å². The molecule has 3 N–H and O–H groups in total. The number of hydrogen-bond acceptors (Lipinski definition) is 4. The summed E-state index contributed by atoms with van der Waals surface area (Å²) in [6, 6.07) is 7.70. The molecule has 1 saturated heterocycles. The van der Waals surface area contributed by atoms with E-state index in [0.29, 0.717) is 32.4 Å². The molecule has 1 atom stereocenters. The molecule has 110 valence electrons. The van der Waals surface area contributed by atoms with Gasteiger partial charge in [-0.1, -0.05) is 12.1 Å². The molecule has 1 unspecified atom stereocenters. The van der Waals surface area contributed by atoms with E-state index in [4.69, 9.17) is 4.74 Å². The van der Waals surface area contributed by atoms with E-state index in [0.717, 1.165) is 17.9 Å². The number of benzene rings is 1. The Bertz CT molecular complexity index is 439. The molecule has 0 saturated carbocycles. The van der Waals surface area contributed by atoms with Crippen molar-refractivity contribution < 1.29 is 14.6 Å². The average Bonchev–Trinajstić information content (AvgIpc) is 2.91. The first kappa shape index (κ1) is 14.8. The van der Waals surface area contributed by atoms with Crippen LogP contribution >= 0.6 is 0 Å². The van der Waals surface area contributed by atoms with Crippen molar-refractivity contribution in [1.82, 2.24) is 10.6 Å². The highest BCUT2D eigenvalue weighted by molar-refractivity contribution is 5.76. The van der Waals surface area contributed by atoms with Gasteiger partial charge in [-0.25, -0.2) is 0 Å². The lowest BCUT2D eigenvalue weighted by Crippen LogP contribution is -2.44. The van der Waals surface area contributed by atoms with Gasteiger partial charge in [-0.2, -0.15) is 0 Å². The van der Waals surface area contributed by atoms with Crippen LogP contribution in [0, 0.1) is 0 Å². The number of carbonyl (C=O) groups is 1. The predicted molar refractivity (Wildman–Crippen MR) is 76.8 cm³/mol. The molecule has 20 heavy (non-hydrogen) atoms. The molecule has 1 aromatic carbocycles. The van der Waals surface area contributed by atoms with E-state index in [9.17, 15) is 9.90 Å². The molecular weight excluding hydrogens is 256 g/mol. The number of carbonyl (C=O) groups excluding carboxylic acids is 1. The molecule has 1 aliphatic heterocycles. The van der Waals surface area contributed by atoms with Gasteiger partial charge in [0.1, 0.15) is 5.75 Å². The number of hydrogen-bond donors (Lipinski definition) is 3. The van der Waals surface area contributed by atoms with Crippen molar-refractivity contribution in [3.8, 4) is 5.75 Å². The third kappa shape index (κ3) is 4.21. The third-order valence-electron chi connectivity index (χ3n) is 3.64. The van der Waals surface area contributed by atoms with E-state index in [1.54, 1.807) is 7.11 Å². The first-order valence-corrected chi connectivity index (χ1v) is 6.94. The zero-order chi connectivity index (χ0) is 14.4. The number of amides is 1. The Morgan fingerprint density at radius 2 is 2.20 bits per heavy atom. The highest BCUT2D eigenvalue weighted by Crippen LogP contribution is 2.14. The van der Waals surface area contributed by atoms with Crippen LogP contribution in [0.3, 0.4) is 0 Å². The van der Waals surface area contributed by atoms with Crippen molar-refractivity contribution in [3.05, 3.63) is 29.8 Å². The number of methoxy groups -OCH3 is 1. The van der Waals surface area contributed by atoms with Gasteiger partial charge in [0.2, 0.25) is 5.91 Å². The van der Waals surface area contributed by atoms with Crippen molar-refractivity contribution in [2.45, 2.75) is 24.9 Å². The monoisotopic (exact) mass is 278 g/mol. The van der Waals surface area contributed by atoms with Crippen LogP contribution in [0.15, 0.2) is 24.3 Å². The summed E-state index contributed by atoms with van der Waals surface area (Å²) in [7, 11) is 1.63. The Morgan fingerprint density at radius 1 is 1.45 bits per heavy atom. The zero-order valence-electron chi connectivity index (χ0n) is 11.8. The standard InChI is InChI=1S/C15H22N2O3/c1-20-13-5-2-12(3-6-13)4-7-14(18)17-11-15(19)8-9-16-10-15/h2-3,5-6,16,19H,4,7-11H2,1H3,(H,17,18). The van der Waals surface area contributed by atoms with Gasteiger partial charge in [-0.3, -0.25) is 4.79 Å². The minimum atomic E-state index is -0.782. The third-order valence-corrected chi connectivity index (χ3v) is 3.64. The van der Waals surface area contributed by atoms with Crippen LogP contribution in [0.4, 0.5) is 0 Å². The summed E-state index contributed by atoms with van der Waals surface area (Å²) >= 11 is 0. The number of β-amino-alcohol motifs (C(OH)–C–C–N with tert-alkyl or cyclic N) is 1. The molecule has 1 heterocycles. The lowest BCUT2D eigenvalue weighted by Gasteiger charge is -2.21. The van der Waals surface area contributed by atoms with Crippen molar-refractivity contribution in [3.63, 3.8) is 0 Å². The topological polar surface area (TPSA) is 70.6 Å². The maximum Gasteiger partial charge on any atom is 0.220 e. The van der Waals surface area contributed by atoms with E-state index >= 15 is 0 Å². The SMILES string of the molecule is COc1ccc(CCC(=O)NCC2(O)CCNC2)cc1. The van der Waals surface area contributed by atoms with Gasteiger partial charge in [0.05, 0.1) is 12.7 Å². The maximum absolute atomic E-state index is 11.8. The number of nitrogens with one attached hydrogen (secondary N) is 2. The highest BCUT2D eigenvalue weighted by atomic mass is 16.5. The fraction of sp³-hybridized carbons (Fsp3) is 0.533. The van der Waals surface area contributed by atoms with Crippen LogP contribution in [0.2, 0.25) is 0 Å². The van der Waals surface area contributed by atoms with Gasteiger partial charge in [0.25, 0.3) is 0 Å². The zero-order valence-corrected chi connectivity index (χ0v) is 11.8. The van der Waals surface area contributed by atoms with Crippen LogP contribution in [-0.4, -0.2) is 43.4 Å². The summed E-state index contributed by atoms with van der Waals surface area (Å²) < 4.78 is 5.09. The molecule has 5 heteroatoms. The molecular formula is C15H22N2O3. The molecule has 0 aromatic heterocycles. The van der Waals surface area contributed by atoms with Crippen LogP contribution in [-0.2, 0) is 11.2 Å². The fourth-order valence-electron chi connectivity index (χ4n) is 2.28. The molecule has 0 spiro atoms. The van der Waals surface area contributed by atoms with Gasteiger partial charge in [0.15, 0.2) is 0 Å². The Balaban J connectivity index is 1.71. The van der Waals surface area contributed by atoms with E-state index in [1.165, 1.54) is 0 Å². The predicted octanol–water partition coefficient (Wildman–Crippen LogP) is 0.468. The van der Waals surface area contributed by atoms with Gasteiger partial charge < -0.3 is 20.5 Å². The van der Waals surface area contributed by atoms with Crippen LogP contribution < -0.4 is 15.4 Å². The molecule has 0 aliphatic carbocycles. The number of aryl methyl sites for hydroxylation is 1. The van der Waals surface area contributed by atoms with Gasteiger partial charge in [-0.15, -0.1) is 0 Å². The summed E-state index contributed by atoms with van der Waals surface area (Å²) in [5.74, 6) is 0.787. The molecule has 1 aromatic rings. The Labute approximate surface area is 119 Å². The molecule has 2 rings (SSSR count). The Morgan fingerprint density at radius 3 is 2.80 bits per heavy atom. The largest absolute Gasteiger partial charge is 0.497 e. The number of rotatable bonds is 6. The Hall–Kier alpha value is -1.59. The fourth-order valence-corrected chi connectivity index (χ4v) is 2.28. The van der Waals surface area contributed by atoms with E-state index in [2.05, 4.69) is 10.6 Å². The molecule has 1 amide bonds. The van der Waals surface area contributed by atoms with Crippen molar-refractivity contribution >= 4 is 5.91 Å². The maximum atomic E-state index is 11.8. The van der Waals surface area contributed by atoms with Crippen LogP contribution in [0.25, 0.3) is 0 Å². The second-order valence-electron chi connectivity index (χ2n) is 5.28. The summed E-state index contributed by atoms with van der Waals surface area (Å²) in [4.78, 5) is 11.8. The van der Waals surface area contributed by atoms with Gasteiger partial charge >= 0.3 is 0 Å². The summed E-state index contributed by atoms with van der Waals surface area (Å²) in [5, 5.41) is 16.0. The van der Waals surface area contributed by atoms with E-state index in [-0.39, 0.29) is 5.91 Å².